The molecule has 6 nitrogen and oxygen atoms in total. The Hall–Kier alpha value is -1.76. The molecule has 0 spiro atoms. The molecular formula is C16H23NO5. The van der Waals surface area contributed by atoms with Gasteiger partial charge in [0.25, 0.3) is 0 Å². The zero-order chi connectivity index (χ0) is 16.4. The van der Waals surface area contributed by atoms with Gasteiger partial charge in [-0.1, -0.05) is 30.3 Å². The maximum atomic E-state index is 11.8. The molecule has 0 aliphatic heterocycles. The van der Waals surface area contributed by atoms with Crippen molar-refractivity contribution in [3.05, 3.63) is 35.9 Å². The van der Waals surface area contributed by atoms with Crippen molar-refractivity contribution in [2.75, 3.05) is 34.4 Å². The van der Waals surface area contributed by atoms with Crippen molar-refractivity contribution in [2.24, 2.45) is 0 Å². The number of carbonyl (C=O) groups excluding carboxylic acids is 2. The zero-order valence-electron chi connectivity index (χ0n) is 13.3. The van der Waals surface area contributed by atoms with E-state index in [0.717, 1.165) is 5.56 Å². The molecule has 0 bridgehead atoms. The highest BCUT2D eigenvalue weighted by molar-refractivity contribution is 5.96. The van der Waals surface area contributed by atoms with Crippen LogP contribution in [0.4, 0.5) is 0 Å². The number of methoxy groups -OCH3 is 2. The predicted molar refractivity (Wildman–Crippen MR) is 81.2 cm³/mol. The van der Waals surface area contributed by atoms with Crippen LogP contribution < -0.4 is 0 Å². The summed E-state index contributed by atoms with van der Waals surface area (Å²) in [6.45, 7) is 0.627. The minimum Gasteiger partial charge on any atom is -0.464 e. The van der Waals surface area contributed by atoms with Gasteiger partial charge >= 0.3 is 5.97 Å². The molecule has 0 aromatic heterocycles. The van der Waals surface area contributed by atoms with E-state index in [1.807, 2.05) is 30.3 Å². The Kier molecular flexibility index (Phi) is 8.35. The van der Waals surface area contributed by atoms with Crippen LogP contribution in [0.5, 0.6) is 0 Å². The van der Waals surface area contributed by atoms with Gasteiger partial charge in [0, 0.05) is 27.2 Å². The van der Waals surface area contributed by atoms with Gasteiger partial charge in [0.2, 0.25) is 6.41 Å². The molecule has 0 heterocycles. The molecule has 0 saturated carbocycles. The fourth-order valence-corrected chi connectivity index (χ4v) is 1.96. The first-order chi connectivity index (χ1) is 10.6. The summed E-state index contributed by atoms with van der Waals surface area (Å²) in [6, 6.07) is 9.31. The third-order valence-electron chi connectivity index (χ3n) is 3.06. The second-order valence-corrected chi connectivity index (χ2v) is 4.86. The minimum absolute atomic E-state index is 0.156. The number of hydrogen-bond donors (Lipinski definition) is 0. The second-order valence-electron chi connectivity index (χ2n) is 4.86. The van der Waals surface area contributed by atoms with Gasteiger partial charge < -0.3 is 14.2 Å². The van der Waals surface area contributed by atoms with E-state index < -0.39 is 12.4 Å². The molecule has 0 saturated heterocycles. The standard InChI is InChI=1S/C16H23NO5/c1-17(16(20-2)21-3)9-10-22-15(19)12-14(18)11-13-7-5-4-6-8-13/h4-8,16H,9-12H2,1-3H3. The summed E-state index contributed by atoms with van der Waals surface area (Å²) in [5.41, 5.74) is 0.892. The Morgan fingerprint density at radius 1 is 1.14 bits per heavy atom. The van der Waals surface area contributed by atoms with E-state index in [4.69, 9.17) is 14.2 Å². The first-order valence-electron chi connectivity index (χ1n) is 7.04. The van der Waals surface area contributed by atoms with Crippen molar-refractivity contribution in [1.29, 1.82) is 0 Å². The second kappa shape index (κ2) is 10.0. The molecule has 0 unspecified atom stereocenters. The third kappa shape index (κ3) is 6.80. The van der Waals surface area contributed by atoms with E-state index in [9.17, 15) is 9.59 Å². The van der Waals surface area contributed by atoms with Crippen LogP contribution in [0.25, 0.3) is 0 Å². The Bertz CT molecular complexity index is 459. The Labute approximate surface area is 131 Å². The van der Waals surface area contributed by atoms with E-state index >= 15 is 0 Å². The van der Waals surface area contributed by atoms with E-state index in [0.29, 0.717) is 6.54 Å². The summed E-state index contributed by atoms with van der Waals surface area (Å²) >= 11 is 0. The Morgan fingerprint density at radius 2 is 1.77 bits per heavy atom. The quantitative estimate of drug-likeness (QED) is 0.368. The van der Waals surface area contributed by atoms with Gasteiger partial charge in [0.15, 0.2) is 0 Å². The van der Waals surface area contributed by atoms with Crippen LogP contribution >= 0.6 is 0 Å². The monoisotopic (exact) mass is 309 g/mol. The third-order valence-corrected chi connectivity index (χ3v) is 3.06. The molecule has 1 aromatic rings. The lowest BCUT2D eigenvalue weighted by atomic mass is 10.1. The van der Waals surface area contributed by atoms with Gasteiger partial charge in [0.05, 0.1) is 0 Å². The van der Waals surface area contributed by atoms with Crippen LogP contribution in [0.3, 0.4) is 0 Å². The van der Waals surface area contributed by atoms with E-state index in [2.05, 4.69) is 0 Å². The summed E-state index contributed by atoms with van der Waals surface area (Å²) in [5.74, 6) is -0.670. The molecule has 22 heavy (non-hydrogen) atoms. The summed E-state index contributed by atoms with van der Waals surface area (Å²) in [6.07, 6.45) is -0.458. The first-order valence-corrected chi connectivity index (χ1v) is 7.04. The Morgan fingerprint density at radius 3 is 2.36 bits per heavy atom. The number of nitrogens with zero attached hydrogens (tertiary/aromatic N) is 1. The van der Waals surface area contributed by atoms with Gasteiger partial charge in [-0.25, -0.2) is 0 Å². The SMILES string of the molecule is COC(OC)N(C)CCOC(=O)CC(=O)Cc1ccccc1. The van der Waals surface area contributed by atoms with Crippen molar-refractivity contribution in [3.8, 4) is 0 Å². The molecule has 6 heteroatoms. The number of Topliss-reactive ketones (excluding diaryl/α,β-unsaturated/α-hetero) is 1. The summed E-state index contributed by atoms with van der Waals surface area (Å²) in [5, 5.41) is 0. The summed E-state index contributed by atoms with van der Waals surface area (Å²) in [4.78, 5) is 25.1. The lowest BCUT2D eigenvalue weighted by Crippen LogP contribution is -2.37. The van der Waals surface area contributed by atoms with Crippen LogP contribution in [0.2, 0.25) is 0 Å². The fraction of sp³-hybridized carbons (Fsp3) is 0.500. The average Bonchev–Trinajstić information content (AvgIpc) is 2.49. The maximum Gasteiger partial charge on any atom is 0.313 e. The summed E-state index contributed by atoms with van der Waals surface area (Å²) in [7, 11) is 4.84. The average molecular weight is 309 g/mol. The van der Waals surface area contributed by atoms with Crippen molar-refractivity contribution in [3.63, 3.8) is 0 Å². The molecule has 0 aliphatic rings. The van der Waals surface area contributed by atoms with Gasteiger partial charge in [0.1, 0.15) is 18.8 Å². The number of likely N-dealkylation sites (N-methyl/N-ethyl adjacent to an activating group) is 1. The van der Waals surface area contributed by atoms with Gasteiger partial charge in [-0.05, 0) is 12.6 Å². The highest BCUT2D eigenvalue weighted by atomic mass is 16.7. The molecule has 0 amide bonds. The van der Waals surface area contributed by atoms with Crippen LogP contribution in [0.1, 0.15) is 12.0 Å². The largest absolute Gasteiger partial charge is 0.464 e. The predicted octanol–water partition coefficient (Wildman–Crippen LogP) is 1.24. The normalized spacial score (nSPS) is 11.0. The van der Waals surface area contributed by atoms with Gasteiger partial charge in [-0.3, -0.25) is 14.5 Å². The fourth-order valence-electron chi connectivity index (χ4n) is 1.96. The Balaban J connectivity index is 2.24. The van der Waals surface area contributed by atoms with Gasteiger partial charge in [-0.15, -0.1) is 0 Å². The molecule has 1 aromatic carbocycles. The number of hydrogen-bond acceptors (Lipinski definition) is 6. The van der Waals surface area contributed by atoms with Crippen molar-refractivity contribution >= 4 is 11.8 Å². The maximum absolute atomic E-state index is 11.8. The first kappa shape index (κ1) is 18.3. The molecule has 0 fully saturated rings. The molecule has 0 aliphatic carbocycles. The number of esters is 1. The van der Waals surface area contributed by atoms with Crippen LogP contribution in [0, 0.1) is 0 Å². The highest BCUT2D eigenvalue weighted by Crippen LogP contribution is 2.03. The van der Waals surface area contributed by atoms with Gasteiger partial charge in [-0.2, -0.15) is 0 Å². The minimum atomic E-state index is -0.513. The van der Waals surface area contributed by atoms with E-state index in [1.54, 1.807) is 11.9 Å². The van der Waals surface area contributed by atoms with Crippen LogP contribution in [0.15, 0.2) is 30.3 Å². The molecular weight excluding hydrogens is 286 g/mol. The van der Waals surface area contributed by atoms with E-state index in [-0.39, 0.29) is 25.2 Å². The molecule has 0 atom stereocenters. The molecule has 1 rings (SSSR count). The smallest absolute Gasteiger partial charge is 0.313 e. The van der Waals surface area contributed by atoms with E-state index in [1.165, 1.54) is 14.2 Å². The van der Waals surface area contributed by atoms with Crippen LogP contribution in [-0.2, 0) is 30.2 Å². The number of benzene rings is 1. The number of rotatable bonds is 10. The molecule has 0 radical (unpaired) electrons. The van der Waals surface area contributed by atoms with Crippen molar-refractivity contribution in [1.82, 2.24) is 4.90 Å². The molecule has 0 N–H and O–H groups in total. The number of carbonyl (C=O) groups is 2. The summed E-state index contributed by atoms with van der Waals surface area (Å²) < 4.78 is 15.2. The number of ketones is 1. The lowest BCUT2D eigenvalue weighted by molar-refractivity contribution is -0.191. The highest BCUT2D eigenvalue weighted by Gasteiger charge is 2.14. The van der Waals surface area contributed by atoms with Crippen LogP contribution in [-0.4, -0.2) is 57.5 Å². The lowest BCUT2D eigenvalue weighted by Gasteiger charge is -2.24. The number of ether oxygens (including phenoxy) is 3. The topological polar surface area (TPSA) is 65.1 Å². The zero-order valence-corrected chi connectivity index (χ0v) is 13.3. The van der Waals surface area contributed by atoms with Crippen molar-refractivity contribution in [2.45, 2.75) is 19.3 Å². The molecule has 122 valence electrons. The van der Waals surface area contributed by atoms with Crippen molar-refractivity contribution < 1.29 is 23.8 Å².